The van der Waals surface area contributed by atoms with Crippen molar-refractivity contribution in [2.24, 2.45) is 0 Å². The van der Waals surface area contributed by atoms with Gasteiger partial charge in [-0.25, -0.2) is 9.97 Å². The lowest BCUT2D eigenvalue weighted by atomic mass is 10.2. The lowest BCUT2D eigenvalue weighted by Gasteiger charge is -2.28. The van der Waals surface area contributed by atoms with Crippen LogP contribution in [0.15, 0.2) is 6.07 Å². The third-order valence-electron chi connectivity index (χ3n) is 2.80. The van der Waals surface area contributed by atoms with E-state index < -0.39 is 0 Å². The van der Waals surface area contributed by atoms with Crippen molar-refractivity contribution in [3.63, 3.8) is 0 Å². The summed E-state index contributed by atoms with van der Waals surface area (Å²) in [5.74, 6) is 2.54. The zero-order chi connectivity index (χ0) is 12.8. The number of aromatic nitrogens is 2. The van der Waals surface area contributed by atoms with E-state index in [1.54, 1.807) is 7.11 Å². The van der Waals surface area contributed by atoms with Gasteiger partial charge in [-0.15, -0.1) is 0 Å². The van der Waals surface area contributed by atoms with Gasteiger partial charge in [0.2, 0.25) is 0 Å². The maximum Gasteiger partial charge on any atom is 0.132 e. The Bertz CT molecular complexity index is 381. The second-order valence-electron chi connectivity index (χ2n) is 4.46. The molecular formula is C12H21N5O. The average Bonchev–Trinajstić information content (AvgIpc) is 2.29. The lowest BCUT2D eigenvalue weighted by molar-refractivity contribution is 0.198. The minimum Gasteiger partial charge on any atom is -0.385 e. The third kappa shape index (κ3) is 3.82. The molecule has 1 aromatic rings. The molecule has 0 spiro atoms. The number of anilines is 2. The first-order valence-electron chi connectivity index (χ1n) is 6.33. The second kappa shape index (κ2) is 6.51. The smallest absolute Gasteiger partial charge is 0.132 e. The Morgan fingerprint density at radius 1 is 1.39 bits per heavy atom. The molecule has 1 saturated heterocycles. The van der Waals surface area contributed by atoms with Crippen molar-refractivity contribution >= 4 is 11.6 Å². The summed E-state index contributed by atoms with van der Waals surface area (Å²) in [6, 6.07) is 2.44. The van der Waals surface area contributed by atoms with Crippen LogP contribution in [0.4, 0.5) is 11.6 Å². The van der Waals surface area contributed by atoms with Gasteiger partial charge in [0.25, 0.3) is 0 Å². The molecule has 3 N–H and O–H groups in total. The predicted octanol–water partition coefficient (Wildman–Crippen LogP) is 0.617. The van der Waals surface area contributed by atoms with Crippen LogP contribution in [0.2, 0.25) is 0 Å². The molecule has 2 heterocycles. The number of methoxy groups -OCH3 is 1. The van der Waals surface area contributed by atoms with E-state index in [2.05, 4.69) is 25.9 Å². The minimum absolute atomic E-state index is 0.487. The number of ether oxygens (including phenoxy) is 1. The summed E-state index contributed by atoms with van der Waals surface area (Å²) < 4.78 is 5.01. The van der Waals surface area contributed by atoms with Crippen LogP contribution in [-0.4, -0.2) is 49.4 Å². The average molecular weight is 251 g/mol. The Labute approximate surface area is 108 Å². The van der Waals surface area contributed by atoms with Crippen LogP contribution in [0.1, 0.15) is 12.2 Å². The molecule has 0 radical (unpaired) electrons. The minimum atomic E-state index is 0.487. The van der Waals surface area contributed by atoms with Crippen molar-refractivity contribution < 1.29 is 4.74 Å². The van der Waals surface area contributed by atoms with Gasteiger partial charge in [-0.1, -0.05) is 0 Å². The SMILES string of the molecule is COCCCNc1cc(NC2CNC2)nc(C)n1. The Kier molecular flexibility index (Phi) is 4.72. The molecule has 0 saturated carbocycles. The number of hydrogen-bond acceptors (Lipinski definition) is 6. The Morgan fingerprint density at radius 3 is 2.83 bits per heavy atom. The van der Waals surface area contributed by atoms with Crippen molar-refractivity contribution in [1.82, 2.24) is 15.3 Å². The van der Waals surface area contributed by atoms with Gasteiger partial charge < -0.3 is 20.7 Å². The fourth-order valence-electron chi connectivity index (χ4n) is 1.77. The Balaban J connectivity index is 1.88. The van der Waals surface area contributed by atoms with E-state index in [0.717, 1.165) is 50.1 Å². The van der Waals surface area contributed by atoms with E-state index >= 15 is 0 Å². The normalized spacial score (nSPS) is 15.2. The fourth-order valence-corrected chi connectivity index (χ4v) is 1.77. The highest BCUT2D eigenvalue weighted by Gasteiger charge is 2.16. The van der Waals surface area contributed by atoms with Crippen molar-refractivity contribution in [3.8, 4) is 0 Å². The van der Waals surface area contributed by atoms with E-state index in [9.17, 15) is 0 Å². The van der Waals surface area contributed by atoms with E-state index in [1.807, 2.05) is 13.0 Å². The summed E-state index contributed by atoms with van der Waals surface area (Å²) in [5.41, 5.74) is 0. The monoisotopic (exact) mass is 251 g/mol. The zero-order valence-electron chi connectivity index (χ0n) is 11.0. The van der Waals surface area contributed by atoms with Crippen LogP contribution in [0.25, 0.3) is 0 Å². The number of hydrogen-bond donors (Lipinski definition) is 3. The van der Waals surface area contributed by atoms with E-state index in [4.69, 9.17) is 4.74 Å². The highest BCUT2D eigenvalue weighted by molar-refractivity contribution is 5.48. The summed E-state index contributed by atoms with van der Waals surface area (Å²) in [5, 5.41) is 9.89. The maximum atomic E-state index is 5.01. The fraction of sp³-hybridized carbons (Fsp3) is 0.667. The highest BCUT2D eigenvalue weighted by atomic mass is 16.5. The number of aryl methyl sites for hydroxylation is 1. The van der Waals surface area contributed by atoms with Crippen molar-refractivity contribution in [2.75, 3.05) is 44.0 Å². The standard InChI is InChI=1S/C12H21N5O/c1-9-15-11(14-4-3-5-18-2)6-12(16-9)17-10-7-13-8-10/h6,10,13H,3-5,7-8H2,1-2H3,(H2,14,15,16,17). The number of nitrogens with zero attached hydrogens (tertiary/aromatic N) is 2. The molecule has 6 heteroatoms. The molecule has 0 unspecified atom stereocenters. The maximum absolute atomic E-state index is 5.01. The van der Waals surface area contributed by atoms with Crippen LogP contribution in [-0.2, 0) is 4.74 Å². The molecular weight excluding hydrogens is 230 g/mol. The Morgan fingerprint density at radius 2 is 2.17 bits per heavy atom. The van der Waals surface area contributed by atoms with Crippen molar-refractivity contribution in [2.45, 2.75) is 19.4 Å². The van der Waals surface area contributed by atoms with Crippen LogP contribution < -0.4 is 16.0 Å². The van der Waals surface area contributed by atoms with Gasteiger partial charge in [0, 0.05) is 39.4 Å². The van der Waals surface area contributed by atoms with Gasteiger partial charge in [-0.05, 0) is 13.3 Å². The van der Waals surface area contributed by atoms with Gasteiger partial charge in [0.05, 0.1) is 6.04 Å². The van der Waals surface area contributed by atoms with Gasteiger partial charge in [0.15, 0.2) is 0 Å². The van der Waals surface area contributed by atoms with Crippen LogP contribution in [0.5, 0.6) is 0 Å². The summed E-state index contributed by atoms with van der Waals surface area (Å²) in [6.07, 6.45) is 0.967. The Hall–Kier alpha value is -1.40. The quantitative estimate of drug-likeness (QED) is 0.617. The summed E-state index contributed by atoms with van der Waals surface area (Å²) >= 11 is 0. The molecule has 1 fully saturated rings. The molecule has 100 valence electrons. The van der Waals surface area contributed by atoms with Crippen LogP contribution in [0, 0.1) is 6.92 Å². The second-order valence-corrected chi connectivity index (χ2v) is 4.46. The molecule has 0 aromatic carbocycles. The molecule has 6 nitrogen and oxygen atoms in total. The summed E-state index contributed by atoms with van der Waals surface area (Å²) in [6.45, 7) is 5.52. The molecule has 1 aliphatic rings. The summed E-state index contributed by atoms with van der Waals surface area (Å²) in [7, 11) is 1.71. The van der Waals surface area contributed by atoms with Crippen LogP contribution >= 0.6 is 0 Å². The molecule has 1 aliphatic heterocycles. The molecule has 1 aromatic heterocycles. The predicted molar refractivity (Wildman–Crippen MR) is 72.0 cm³/mol. The largest absolute Gasteiger partial charge is 0.385 e. The van der Waals surface area contributed by atoms with Crippen molar-refractivity contribution in [3.05, 3.63) is 11.9 Å². The lowest BCUT2D eigenvalue weighted by Crippen LogP contribution is -2.51. The third-order valence-corrected chi connectivity index (χ3v) is 2.80. The first kappa shape index (κ1) is 13.0. The van der Waals surface area contributed by atoms with Crippen molar-refractivity contribution in [1.29, 1.82) is 0 Å². The first-order valence-corrected chi connectivity index (χ1v) is 6.33. The van der Waals surface area contributed by atoms with E-state index in [0.29, 0.717) is 6.04 Å². The van der Waals surface area contributed by atoms with E-state index in [-0.39, 0.29) is 0 Å². The number of nitrogens with one attached hydrogen (secondary N) is 3. The molecule has 0 amide bonds. The van der Waals surface area contributed by atoms with Crippen LogP contribution in [0.3, 0.4) is 0 Å². The molecule has 0 aliphatic carbocycles. The topological polar surface area (TPSA) is 71.1 Å². The first-order chi connectivity index (χ1) is 8.78. The zero-order valence-corrected chi connectivity index (χ0v) is 11.0. The summed E-state index contributed by atoms with van der Waals surface area (Å²) in [4.78, 5) is 8.75. The number of rotatable bonds is 7. The molecule has 18 heavy (non-hydrogen) atoms. The van der Waals surface area contributed by atoms with Gasteiger partial charge in [-0.3, -0.25) is 0 Å². The van der Waals surface area contributed by atoms with E-state index in [1.165, 1.54) is 0 Å². The molecule has 2 rings (SSSR count). The molecule has 0 atom stereocenters. The van der Waals surface area contributed by atoms with Gasteiger partial charge in [0.1, 0.15) is 17.5 Å². The highest BCUT2D eigenvalue weighted by Crippen LogP contribution is 2.13. The molecule has 0 bridgehead atoms. The van der Waals surface area contributed by atoms with Gasteiger partial charge >= 0.3 is 0 Å². The van der Waals surface area contributed by atoms with Gasteiger partial charge in [-0.2, -0.15) is 0 Å².